The summed E-state index contributed by atoms with van der Waals surface area (Å²) in [4.78, 5) is 36.6. The summed E-state index contributed by atoms with van der Waals surface area (Å²) in [6, 6.07) is 8.38. The Kier molecular flexibility index (Phi) is 9.28. The molecule has 0 aliphatic heterocycles. The lowest BCUT2D eigenvalue weighted by Gasteiger charge is -2.31. The van der Waals surface area contributed by atoms with Gasteiger partial charge in [0.15, 0.2) is 0 Å². The minimum absolute atomic E-state index is 0.177. The number of hydrogen-bond donors (Lipinski definition) is 4. The van der Waals surface area contributed by atoms with E-state index in [0.717, 1.165) is 41.7 Å². The molecule has 8 nitrogen and oxygen atoms in total. The van der Waals surface area contributed by atoms with Crippen LogP contribution in [0.2, 0.25) is 0 Å². The smallest absolute Gasteiger partial charge is 0.323 e. The number of carbonyl (C=O) groups excluding carboxylic acids is 3. The molecule has 1 saturated carbocycles. The molecule has 36 heavy (non-hydrogen) atoms. The van der Waals surface area contributed by atoms with Crippen LogP contribution in [0.1, 0.15) is 68.8 Å². The maximum Gasteiger partial charge on any atom is 0.323 e. The minimum Gasteiger partial charge on any atom is -0.459 e. The fraction of sp³-hybridized carbons (Fsp3) is 0.444. The molecule has 3 amide bonds. The van der Waals surface area contributed by atoms with Gasteiger partial charge in [-0.15, -0.1) is 11.3 Å². The summed E-state index contributed by atoms with van der Waals surface area (Å²) in [7, 11) is 0. The van der Waals surface area contributed by atoms with Gasteiger partial charge in [0.2, 0.25) is 0 Å². The molecule has 1 aromatic carbocycles. The summed E-state index contributed by atoms with van der Waals surface area (Å²) in [6.45, 7) is 6.24. The second kappa shape index (κ2) is 12.2. The molecule has 0 saturated heterocycles. The zero-order valence-electron chi connectivity index (χ0n) is 21.1. The van der Waals surface area contributed by atoms with Crippen molar-refractivity contribution in [3.63, 3.8) is 0 Å². The van der Waals surface area contributed by atoms with Crippen LogP contribution in [0.3, 0.4) is 0 Å². The third-order valence-electron chi connectivity index (χ3n) is 5.98. The summed E-state index contributed by atoms with van der Waals surface area (Å²) in [5.41, 5.74) is 12.2. The number of urea groups is 1. The van der Waals surface area contributed by atoms with Gasteiger partial charge < -0.3 is 21.5 Å². The topological polar surface area (TPSA) is 137 Å². The number of nitrogens with one attached hydrogen (secondary N) is 2. The standard InChI is InChI=1S/C27H36N4O4S/c1-27(2,3)35-25(33)22(19-9-5-4-6-10-19)30-15-7-8-17-11-13-18(14-12-17)21-16-20(23(28)32)24(36-21)31-26(29)34/h7-8,11-14,16,19,22,30H,4-6,9-10,15H2,1-3H3,(H2,28,32)(H3,29,31,34)/t22-/m0/s1. The number of thiophene rings is 1. The van der Waals surface area contributed by atoms with Gasteiger partial charge in [0.05, 0.1) is 5.56 Å². The lowest BCUT2D eigenvalue weighted by atomic mass is 9.83. The molecular formula is C27H36N4O4S. The van der Waals surface area contributed by atoms with Gasteiger partial charge in [-0.1, -0.05) is 55.7 Å². The number of carbonyl (C=O) groups is 3. The van der Waals surface area contributed by atoms with Crippen LogP contribution in [0.4, 0.5) is 9.80 Å². The predicted octanol–water partition coefficient (Wildman–Crippen LogP) is 4.90. The van der Waals surface area contributed by atoms with Gasteiger partial charge in [-0.05, 0) is 56.7 Å². The summed E-state index contributed by atoms with van der Waals surface area (Å²) >= 11 is 1.24. The quantitative estimate of drug-likeness (QED) is 0.354. The van der Waals surface area contributed by atoms with Crippen molar-refractivity contribution in [2.45, 2.75) is 64.5 Å². The molecule has 6 N–H and O–H groups in total. The molecule has 1 heterocycles. The number of anilines is 1. The monoisotopic (exact) mass is 512 g/mol. The fourth-order valence-corrected chi connectivity index (χ4v) is 5.42. The number of benzene rings is 1. The third-order valence-corrected chi connectivity index (χ3v) is 7.08. The zero-order valence-corrected chi connectivity index (χ0v) is 22.0. The van der Waals surface area contributed by atoms with E-state index in [9.17, 15) is 14.4 Å². The van der Waals surface area contributed by atoms with Crippen molar-refractivity contribution in [2.24, 2.45) is 17.4 Å². The fourth-order valence-electron chi connectivity index (χ4n) is 4.34. The van der Waals surface area contributed by atoms with Gasteiger partial charge in [-0.25, -0.2) is 4.79 Å². The Bertz CT molecular complexity index is 1100. The maximum atomic E-state index is 12.9. The van der Waals surface area contributed by atoms with Crippen molar-refractivity contribution in [3.05, 3.63) is 47.5 Å². The second-order valence-electron chi connectivity index (χ2n) is 10.0. The highest BCUT2D eigenvalue weighted by Gasteiger charge is 2.32. The van der Waals surface area contributed by atoms with Crippen LogP contribution in [-0.2, 0) is 9.53 Å². The number of nitrogens with two attached hydrogens (primary N) is 2. The predicted molar refractivity (Wildman–Crippen MR) is 145 cm³/mol. The van der Waals surface area contributed by atoms with E-state index in [0.29, 0.717) is 17.5 Å². The molecule has 0 radical (unpaired) electrons. The average molecular weight is 513 g/mol. The first-order chi connectivity index (χ1) is 17.0. The maximum absolute atomic E-state index is 12.9. The summed E-state index contributed by atoms with van der Waals surface area (Å²) in [5, 5.41) is 6.19. The van der Waals surface area contributed by atoms with Gasteiger partial charge in [0.1, 0.15) is 16.6 Å². The highest BCUT2D eigenvalue weighted by molar-refractivity contribution is 7.20. The van der Waals surface area contributed by atoms with Crippen molar-refractivity contribution < 1.29 is 19.1 Å². The Labute approximate surface area is 216 Å². The van der Waals surface area contributed by atoms with Crippen LogP contribution < -0.4 is 22.1 Å². The van der Waals surface area contributed by atoms with E-state index in [2.05, 4.69) is 10.6 Å². The Balaban J connectivity index is 1.64. The van der Waals surface area contributed by atoms with Gasteiger partial charge in [0.25, 0.3) is 5.91 Å². The number of amides is 3. The summed E-state index contributed by atoms with van der Waals surface area (Å²) < 4.78 is 5.69. The molecule has 0 spiro atoms. The lowest BCUT2D eigenvalue weighted by molar-refractivity contribution is -0.159. The molecular weight excluding hydrogens is 476 g/mol. The molecule has 0 unspecified atom stereocenters. The van der Waals surface area contributed by atoms with Gasteiger partial charge in [0, 0.05) is 11.4 Å². The molecule has 1 aliphatic rings. The van der Waals surface area contributed by atoms with Gasteiger partial charge in [-0.2, -0.15) is 0 Å². The molecule has 1 atom stereocenters. The van der Waals surface area contributed by atoms with Crippen molar-refractivity contribution in [1.82, 2.24) is 5.32 Å². The summed E-state index contributed by atoms with van der Waals surface area (Å²) in [5.74, 6) is -0.513. The molecule has 194 valence electrons. The molecule has 1 aromatic heterocycles. The normalized spacial score (nSPS) is 15.5. The first-order valence-corrected chi connectivity index (χ1v) is 13.1. The Morgan fingerprint density at radius 3 is 2.36 bits per heavy atom. The van der Waals surface area contributed by atoms with Crippen molar-refractivity contribution in [3.8, 4) is 10.4 Å². The van der Waals surface area contributed by atoms with E-state index in [1.807, 2.05) is 57.2 Å². The second-order valence-corrected chi connectivity index (χ2v) is 11.1. The first-order valence-electron chi connectivity index (χ1n) is 12.3. The van der Waals surface area contributed by atoms with Gasteiger partial charge >= 0.3 is 12.0 Å². The van der Waals surface area contributed by atoms with E-state index < -0.39 is 17.5 Å². The highest BCUT2D eigenvalue weighted by atomic mass is 32.1. The SMILES string of the molecule is CC(C)(C)OC(=O)[C@@H](NCC=Cc1ccc(-c2cc(C(N)=O)c(NC(N)=O)s2)cc1)C1CCCCC1. The van der Waals surface area contributed by atoms with Crippen LogP contribution in [0, 0.1) is 5.92 Å². The Morgan fingerprint density at radius 1 is 1.11 bits per heavy atom. The number of rotatable bonds is 9. The molecule has 0 bridgehead atoms. The molecule has 3 rings (SSSR count). The van der Waals surface area contributed by atoms with E-state index in [-0.39, 0.29) is 17.6 Å². The van der Waals surface area contributed by atoms with Crippen LogP contribution >= 0.6 is 11.3 Å². The van der Waals surface area contributed by atoms with Crippen LogP contribution in [0.5, 0.6) is 0 Å². The lowest BCUT2D eigenvalue weighted by Crippen LogP contribution is -2.46. The third kappa shape index (κ3) is 7.93. The van der Waals surface area contributed by atoms with E-state index in [1.165, 1.54) is 17.8 Å². The average Bonchev–Trinajstić information content (AvgIpc) is 3.22. The summed E-state index contributed by atoms with van der Waals surface area (Å²) in [6.07, 6.45) is 9.61. The number of esters is 1. The Hall–Kier alpha value is -3.17. The number of primary amides is 2. The number of ether oxygens (including phenoxy) is 1. The van der Waals surface area contributed by atoms with Crippen LogP contribution in [-0.4, -0.2) is 36.1 Å². The van der Waals surface area contributed by atoms with Gasteiger partial charge in [-0.3, -0.25) is 14.9 Å². The molecule has 2 aromatic rings. The Morgan fingerprint density at radius 2 is 1.78 bits per heavy atom. The molecule has 9 heteroatoms. The number of hydrogen-bond acceptors (Lipinski definition) is 6. The van der Waals surface area contributed by atoms with Crippen molar-refractivity contribution in [2.75, 3.05) is 11.9 Å². The first kappa shape index (κ1) is 27.4. The van der Waals surface area contributed by atoms with Crippen molar-refractivity contribution in [1.29, 1.82) is 0 Å². The molecule has 1 aliphatic carbocycles. The van der Waals surface area contributed by atoms with Crippen molar-refractivity contribution >= 4 is 40.3 Å². The largest absolute Gasteiger partial charge is 0.459 e. The minimum atomic E-state index is -0.752. The van der Waals surface area contributed by atoms with E-state index >= 15 is 0 Å². The zero-order chi connectivity index (χ0) is 26.3. The van der Waals surface area contributed by atoms with Crippen LogP contribution in [0.25, 0.3) is 16.5 Å². The van der Waals surface area contributed by atoms with E-state index in [4.69, 9.17) is 16.2 Å². The van der Waals surface area contributed by atoms with E-state index in [1.54, 1.807) is 6.07 Å². The highest BCUT2D eigenvalue weighted by Crippen LogP contribution is 2.35. The van der Waals surface area contributed by atoms with Crippen LogP contribution in [0.15, 0.2) is 36.4 Å². The molecule has 1 fully saturated rings.